The third-order valence-electron chi connectivity index (χ3n) is 4.19. The van der Waals surface area contributed by atoms with Crippen LogP contribution in [0.25, 0.3) is 6.08 Å². The minimum absolute atomic E-state index is 0.148. The molecule has 1 aromatic carbocycles. The summed E-state index contributed by atoms with van der Waals surface area (Å²) < 4.78 is 5.38. The van der Waals surface area contributed by atoms with Crippen molar-refractivity contribution in [3.63, 3.8) is 0 Å². The van der Waals surface area contributed by atoms with Crippen molar-refractivity contribution in [3.05, 3.63) is 52.8 Å². The fraction of sp³-hybridized carbons (Fsp3) is 0.350. The number of hydrogen-bond donors (Lipinski definition) is 2. The van der Waals surface area contributed by atoms with Crippen LogP contribution in [0.1, 0.15) is 11.4 Å². The molecule has 2 N–H and O–H groups in total. The van der Waals surface area contributed by atoms with E-state index in [2.05, 4.69) is 25.5 Å². The predicted octanol–water partition coefficient (Wildman–Crippen LogP) is 2.52. The van der Waals surface area contributed by atoms with Gasteiger partial charge in [-0.15, -0.1) is 0 Å². The van der Waals surface area contributed by atoms with Gasteiger partial charge in [0, 0.05) is 43.3 Å². The van der Waals surface area contributed by atoms with Gasteiger partial charge in [-0.2, -0.15) is 0 Å². The van der Waals surface area contributed by atoms with Gasteiger partial charge in [0.05, 0.1) is 13.2 Å². The van der Waals surface area contributed by atoms with Crippen LogP contribution in [0.15, 0.2) is 36.4 Å². The average molecular weight is 402 g/mol. The maximum atomic E-state index is 11.9. The number of ether oxygens (including phenoxy) is 1. The van der Waals surface area contributed by atoms with Crippen molar-refractivity contribution < 1.29 is 9.53 Å². The van der Waals surface area contributed by atoms with E-state index in [1.807, 2.05) is 25.1 Å². The summed E-state index contributed by atoms with van der Waals surface area (Å²) in [7, 11) is 0. The number of rotatable bonds is 7. The molecule has 148 valence electrons. The quantitative estimate of drug-likeness (QED) is 0.548. The Balaban J connectivity index is 1.45. The highest BCUT2D eigenvalue weighted by atomic mass is 35.5. The molecular weight excluding hydrogens is 378 g/mol. The first-order valence-electron chi connectivity index (χ1n) is 9.24. The third-order valence-corrected chi connectivity index (χ3v) is 4.44. The predicted molar refractivity (Wildman–Crippen MR) is 112 cm³/mol. The molecule has 28 heavy (non-hydrogen) atoms. The number of benzene rings is 1. The lowest BCUT2D eigenvalue weighted by Crippen LogP contribution is -2.37. The topological polar surface area (TPSA) is 79.4 Å². The number of amides is 1. The Morgan fingerprint density at radius 1 is 1.21 bits per heavy atom. The number of anilines is 2. The molecule has 1 aliphatic heterocycles. The van der Waals surface area contributed by atoms with Gasteiger partial charge in [-0.3, -0.25) is 4.79 Å². The molecule has 3 rings (SSSR count). The highest BCUT2D eigenvalue weighted by Crippen LogP contribution is 2.17. The summed E-state index contributed by atoms with van der Waals surface area (Å²) in [5.41, 5.74) is 0.921. The van der Waals surface area contributed by atoms with E-state index < -0.39 is 0 Å². The molecular formula is C20H24ClN5O2. The van der Waals surface area contributed by atoms with Crippen LogP contribution in [0.5, 0.6) is 0 Å². The van der Waals surface area contributed by atoms with Crippen molar-refractivity contribution in [2.45, 2.75) is 6.92 Å². The van der Waals surface area contributed by atoms with Crippen molar-refractivity contribution in [2.75, 3.05) is 49.6 Å². The molecule has 1 aromatic heterocycles. The van der Waals surface area contributed by atoms with Crippen molar-refractivity contribution in [3.8, 4) is 0 Å². The van der Waals surface area contributed by atoms with E-state index in [-0.39, 0.29) is 5.91 Å². The van der Waals surface area contributed by atoms with E-state index in [1.54, 1.807) is 18.2 Å². The van der Waals surface area contributed by atoms with Crippen molar-refractivity contribution >= 4 is 35.2 Å². The second-order valence-corrected chi connectivity index (χ2v) is 6.80. The van der Waals surface area contributed by atoms with Crippen LogP contribution in [0, 0.1) is 6.92 Å². The number of carbonyl (C=O) groups is 1. The van der Waals surface area contributed by atoms with Crippen LogP contribution < -0.4 is 15.5 Å². The summed E-state index contributed by atoms with van der Waals surface area (Å²) in [5.74, 6) is 2.21. The van der Waals surface area contributed by atoms with Gasteiger partial charge in [-0.25, -0.2) is 9.97 Å². The number of carbonyl (C=O) groups excluding carboxylic acids is 1. The number of aryl methyl sites for hydroxylation is 1. The van der Waals surface area contributed by atoms with Gasteiger partial charge in [0.1, 0.15) is 17.5 Å². The van der Waals surface area contributed by atoms with E-state index in [9.17, 15) is 4.79 Å². The summed E-state index contributed by atoms with van der Waals surface area (Å²) >= 11 is 5.85. The van der Waals surface area contributed by atoms with Crippen LogP contribution >= 0.6 is 11.6 Å². The lowest BCUT2D eigenvalue weighted by atomic mass is 10.2. The molecule has 0 unspecified atom stereocenters. The normalized spacial score (nSPS) is 14.3. The van der Waals surface area contributed by atoms with Crippen LogP contribution in [-0.4, -0.2) is 55.3 Å². The molecule has 2 aromatic rings. The first-order valence-corrected chi connectivity index (χ1v) is 9.62. The SMILES string of the molecule is Cc1nc(NCCNC(=O)/C=C/c2ccc(Cl)cc2)cc(N2CCOCC2)n1. The molecule has 0 bridgehead atoms. The number of hydrogen-bond acceptors (Lipinski definition) is 6. The molecule has 1 saturated heterocycles. The number of nitrogens with one attached hydrogen (secondary N) is 2. The Hall–Kier alpha value is -2.64. The van der Waals surface area contributed by atoms with E-state index >= 15 is 0 Å². The Bertz CT molecular complexity index is 820. The number of morpholine rings is 1. The second-order valence-electron chi connectivity index (χ2n) is 6.36. The number of aromatic nitrogens is 2. The minimum atomic E-state index is -0.148. The summed E-state index contributed by atoms with van der Waals surface area (Å²) in [6, 6.07) is 9.23. The van der Waals surface area contributed by atoms with Crippen LogP contribution in [0.2, 0.25) is 5.02 Å². The molecule has 0 saturated carbocycles. The lowest BCUT2D eigenvalue weighted by molar-refractivity contribution is -0.116. The molecule has 0 spiro atoms. The first kappa shape index (κ1) is 20.1. The Kier molecular flexibility index (Phi) is 7.22. The Morgan fingerprint density at radius 2 is 1.96 bits per heavy atom. The summed E-state index contributed by atoms with van der Waals surface area (Å²) in [6.07, 6.45) is 3.26. The lowest BCUT2D eigenvalue weighted by Gasteiger charge is -2.28. The van der Waals surface area contributed by atoms with Gasteiger partial charge in [-0.1, -0.05) is 23.7 Å². The summed E-state index contributed by atoms with van der Waals surface area (Å²) in [5, 5.41) is 6.75. The van der Waals surface area contributed by atoms with E-state index in [4.69, 9.17) is 16.3 Å². The molecule has 2 heterocycles. The van der Waals surface area contributed by atoms with Gasteiger partial charge < -0.3 is 20.3 Å². The van der Waals surface area contributed by atoms with Gasteiger partial charge in [0.15, 0.2) is 0 Å². The van der Waals surface area contributed by atoms with Gasteiger partial charge >= 0.3 is 0 Å². The smallest absolute Gasteiger partial charge is 0.244 e. The van der Waals surface area contributed by atoms with E-state index in [0.29, 0.717) is 37.2 Å². The highest BCUT2D eigenvalue weighted by Gasteiger charge is 2.14. The molecule has 7 nitrogen and oxygen atoms in total. The molecule has 1 fully saturated rings. The van der Waals surface area contributed by atoms with Crippen LogP contribution in [0.3, 0.4) is 0 Å². The molecule has 1 aliphatic rings. The van der Waals surface area contributed by atoms with Crippen molar-refractivity contribution in [1.82, 2.24) is 15.3 Å². The van der Waals surface area contributed by atoms with Crippen molar-refractivity contribution in [1.29, 1.82) is 0 Å². The summed E-state index contributed by atoms with van der Waals surface area (Å²) in [6.45, 7) is 6.00. The number of halogens is 1. The second kappa shape index (κ2) is 10.1. The monoisotopic (exact) mass is 401 g/mol. The van der Waals surface area contributed by atoms with Crippen LogP contribution in [0.4, 0.5) is 11.6 Å². The van der Waals surface area contributed by atoms with E-state index in [1.165, 1.54) is 6.08 Å². The molecule has 0 aliphatic carbocycles. The zero-order chi connectivity index (χ0) is 19.8. The maximum absolute atomic E-state index is 11.9. The zero-order valence-corrected chi connectivity index (χ0v) is 16.6. The van der Waals surface area contributed by atoms with Crippen molar-refractivity contribution in [2.24, 2.45) is 0 Å². The maximum Gasteiger partial charge on any atom is 0.244 e. The Morgan fingerprint density at radius 3 is 2.71 bits per heavy atom. The van der Waals surface area contributed by atoms with Crippen LogP contribution in [-0.2, 0) is 9.53 Å². The van der Waals surface area contributed by atoms with E-state index in [0.717, 1.165) is 30.3 Å². The average Bonchev–Trinajstić information content (AvgIpc) is 2.71. The zero-order valence-electron chi connectivity index (χ0n) is 15.8. The fourth-order valence-corrected chi connectivity index (χ4v) is 2.90. The molecule has 0 radical (unpaired) electrons. The largest absolute Gasteiger partial charge is 0.378 e. The van der Waals surface area contributed by atoms with Gasteiger partial charge in [0.25, 0.3) is 0 Å². The van der Waals surface area contributed by atoms with Gasteiger partial charge in [-0.05, 0) is 30.7 Å². The number of nitrogens with zero attached hydrogens (tertiary/aromatic N) is 3. The Labute approximate surface area is 169 Å². The molecule has 1 amide bonds. The highest BCUT2D eigenvalue weighted by molar-refractivity contribution is 6.30. The third kappa shape index (κ3) is 6.21. The molecule has 0 atom stereocenters. The van der Waals surface area contributed by atoms with Gasteiger partial charge in [0.2, 0.25) is 5.91 Å². The first-order chi connectivity index (χ1) is 13.6. The fourth-order valence-electron chi connectivity index (χ4n) is 2.78. The summed E-state index contributed by atoms with van der Waals surface area (Å²) in [4.78, 5) is 23.0. The standard InChI is InChI=1S/C20H24ClN5O2/c1-15-24-18(14-19(25-15)26-10-12-28-13-11-26)22-8-9-23-20(27)7-4-16-2-5-17(21)6-3-16/h2-7,14H,8-13H2,1H3,(H,23,27)(H,22,24,25)/b7-4+. The minimum Gasteiger partial charge on any atom is -0.378 e. The molecule has 8 heteroatoms.